The van der Waals surface area contributed by atoms with Crippen LogP contribution in [0.4, 0.5) is 0 Å². The molecule has 24 heavy (non-hydrogen) atoms. The molecule has 0 radical (unpaired) electrons. The fourth-order valence-corrected chi connectivity index (χ4v) is 3.78. The third-order valence-electron chi connectivity index (χ3n) is 3.95. The van der Waals surface area contributed by atoms with Crippen molar-refractivity contribution in [3.63, 3.8) is 0 Å². The Balaban J connectivity index is 2.27. The van der Waals surface area contributed by atoms with Crippen molar-refractivity contribution < 1.29 is 14.3 Å². The number of nitrogens with zero attached hydrogens (tertiary/aromatic N) is 1. The number of aryl methyl sites for hydroxylation is 3. The predicted molar refractivity (Wildman–Crippen MR) is 96.2 cm³/mol. The van der Waals surface area contributed by atoms with Crippen LogP contribution in [0.3, 0.4) is 0 Å². The van der Waals surface area contributed by atoms with E-state index in [0.29, 0.717) is 12.1 Å². The molecule has 0 aliphatic heterocycles. The topological polar surface area (TPSA) is 60.3 Å². The fraction of sp³-hybridized carbons (Fsp3) is 0.444. The van der Waals surface area contributed by atoms with Gasteiger partial charge in [-0.2, -0.15) is 0 Å². The van der Waals surface area contributed by atoms with Crippen molar-refractivity contribution in [2.24, 2.45) is 0 Å². The van der Waals surface area contributed by atoms with Crippen LogP contribution < -0.4 is 5.32 Å². The molecule has 0 saturated carbocycles. The van der Waals surface area contributed by atoms with Gasteiger partial charge in [0.15, 0.2) is 6.61 Å². The maximum absolute atomic E-state index is 12.6. The van der Waals surface area contributed by atoms with E-state index in [2.05, 4.69) is 9.88 Å². The largest absolute Gasteiger partial charge is 0.452 e. The molecule has 2 aromatic heterocycles. The lowest BCUT2D eigenvalue weighted by atomic mass is 10.1. The standard InChI is InChI=1S/C18H24N2O3S/c1-6-9-19-15(21)10-23-18(22)16-13(4)14(5)24-17(16)20-11(2)7-8-12(20)3/h7-8H,6,9-10H2,1-5H3,(H,19,21). The van der Waals surface area contributed by atoms with E-state index in [0.717, 1.165) is 33.3 Å². The van der Waals surface area contributed by atoms with Crippen LogP contribution >= 0.6 is 11.3 Å². The van der Waals surface area contributed by atoms with Gasteiger partial charge < -0.3 is 14.6 Å². The third-order valence-corrected chi connectivity index (χ3v) is 5.14. The zero-order valence-corrected chi connectivity index (χ0v) is 15.7. The van der Waals surface area contributed by atoms with Gasteiger partial charge in [0.25, 0.3) is 5.91 Å². The van der Waals surface area contributed by atoms with Crippen LogP contribution in [0.2, 0.25) is 0 Å². The average molecular weight is 348 g/mol. The van der Waals surface area contributed by atoms with Gasteiger partial charge in [0.05, 0.1) is 5.56 Å². The SMILES string of the molecule is CCCNC(=O)COC(=O)c1c(-n2c(C)ccc2C)sc(C)c1C. The van der Waals surface area contributed by atoms with Gasteiger partial charge in [-0.05, 0) is 51.8 Å². The second-order valence-electron chi connectivity index (χ2n) is 5.84. The monoisotopic (exact) mass is 348 g/mol. The minimum Gasteiger partial charge on any atom is -0.452 e. The number of carbonyl (C=O) groups excluding carboxylic acids is 2. The Morgan fingerprint density at radius 2 is 1.79 bits per heavy atom. The van der Waals surface area contributed by atoms with Crippen molar-refractivity contribution in [1.29, 1.82) is 0 Å². The summed E-state index contributed by atoms with van der Waals surface area (Å²) in [4.78, 5) is 25.3. The molecular weight excluding hydrogens is 324 g/mol. The number of hydrogen-bond donors (Lipinski definition) is 1. The number of rotatable bonds is 6. The third kappa shape index (κ3) is 3.70. The number of nitrogens with one attached hydrogen (secondary N) is 1. The van der Waals surface area contributed by atoms with Crippen LogP contribution in [0.25, 0.3) is 5.00 Å². The van der Waals surface area contributed by atoms with Gasteiger partial charge in [-0.25, -0.2) is 4.79 Å². The molecule has 0 unspecified atom stereocenters. The molecule has 2 rings (SSSR count). The first-order chi connectivity index (χ1) is 11.4. The molecule has 0 bridgehead atoms. The zero-order chi connectivity index (χ0) is 17.9. The summed E-state index contributed by atoms with van der Waals surface area (Å²) in [5.74, 6) is -0.726. The Hall–Kier alpha value is -2.08. The predicted octanol–water partition coefficient (Wildman–Crippen LogP) is 3.46. The first-order valence-electron chi connectivity index (χ1n) is 8.06. The lowest BCUT2D eigenvalue weighted by Gasteiger charge is -2.11. The minimum atomic E-state index is -0.453. The van der Waals surface area contributed by atoms with E-state index in [1.807, 2.05) is 46.8 Å². The molecule has 5 nitrogen and oxygen atoms in total. The van der Waals surface area contributed by atoms with Crippen LogP contribution in [0.5, 0.6) is 0 Å². The van der Waals surface area contributed by atoms with Crippen LogP contribution in [0, 0.1) is 27.7 Å². The van der Waals surface area contributed by atoms with E-state index in [4.69, 9.17) is 4.74 Å². The van der Waals surface area contributed by atoms with E-state index in [-0.39, 0.29) is 12.5 Å². The van der Waals surface area contributed by atoms with Crippen LogP contribution in [-0.4, -0.2) is 29.6 Å². The first kappa shape index (κ1) is 18.3. The van der Waals surface area contributed by atoms with E-state index in [1.54, 1.807) is 11.3 Å². The Bertz CT molecular complexity index is 739. The van der Waals surface area contributed by atoms with Crippen LogP contribution in [0.15, 0.2) is 12.1 Å². The summed E-state index contributed by atoms with van der Waals surface area (Å²) >= 11 is 1.57. The summed E-state index contributed by atoms with van der Waals surface area (Å²) < 4.78 is 7.30. The van der Waals surface area contributed by atoms with Gasteiger partial charge >= 0.3 is 5.97 Å². The van der Waals surface area contributed by atoms with Gasteiger partial charge in [0.2, 0.25) is 0 Å². The van der Waals surface area contributed by atoms with Gasteiger partial charge in [0, 0.05) is 22.8 Å². The number of esters is 1. The number of thiophene rings is 1. The summed E-state index contributed by atoms with van der Waals surface area (Å²) in [5.41, 5.74) is 3.57. The Labute approximate surface area is 146 Å². The molecule has 2 heterocycles. The van der Waals surface area contributed by atoms with Crippen molar-refractivity contribution in [2.75, 3.05) is 13.2 Å². The maximum atomic E-state index is 12.6. The van der Waals surface area contributed by atoms with Crippen molar-refractivity contribution >= 4 is 23.2 Å². The molecule has 0 saturated heterocycles. The first-order valence-corrected chi connectivity index (χ1v) is 8.87. The molecule has 2 aromatic rings. The number of amides is 1. The highest BCUT2D eigenvalue weighted by molar-refractivity contribution is 7.15. The molecule has 0 aromatic carbocycles. The average Bonchev–Trinajstić information content (AvgIpc) is 3.02. The van der Waals surface area contributed by atoms with Gasteiger partial charge in [-0.1, -0.05) is 6.92 Å². The molecule has 6 heteroatoms. The molecule has 0 aliphatic rings. The smallest absolute Gasteiger partial charge is 0.341 e. The summed E-state index contributed by atoms with van der Waals surface area (Å²) in [6.07, 6.45) is 0.846. The molecular formula is C18H24N2O3S. The molecule has 0 atom stereocenters. The fourth-order valence-electron chi connectivity index (χ4n) is 2.51. The normalized spacial score (nSPS) is 10.7. The second-order valence-corrected chi connectivity index (χ2v) is 7.04. The molecule has 130 valence electrons. The van der Waals surface area contributed by atoms with Crippen molar-refractivity contribution in [3.8, 4) is 5.00 Å². The number of aromatic nitrogens is 1. The van der Waals surface area contributed by atoms with E-state index in [9.17, 15) is 9.59 Å². The van der Waals surface area contributed by atoms with E-state index in [1.165, 1.54) is 0 Å². The number of hydrogen-bond acceptors (Lipinski definition) is 4. The van der Waals surface area contributed by atoms with Crippen molar-refractivity contribution in [3.05, 3.63) is 39.5 Å². The highest BCUT2D eigenvalue weighted by atomic mass is 32.1. The Morgan fingerprint density at radius 3 is 2.38 bits per heavy atom. The van der Waals surface area contributed by atoms with Gasteiger partial charge in [0.1, 0.15) is 5.00 Å². The van der Waals surface area contributed by atoms with Crippen molar-refractivity contribution in [1.82, 2.24) is 9.88 Å². The molecule has 1 N–H and O–H groups in total. The zero-order valence-electron chi connectivity index (χ0n) is 14.9. The van der Waals surface area contributed by atoms with E-state index >= 15 is 0 Å². The highest BCUT2D eigenvalue weighted by Gasteiger charge is 2.24. The van der Waals surface area contributed by atoms with E-state index < -0.39 is 5.97 Å². The van der Waals surface area contributed by atoms with Gasteiger partial charge in [-0.15, -0.1) is 11.3 Å². The maximum Gasteiger partial charge on any atom is 0.341 e. The summed E-state index contributed by atoms with van der Waals surface area (Å²) in [6, 6.07) is 4.04. The van der Waals surface area contributed by atoms with Crippen molar-refractivity contribution in [2.45, 2.75) is 41.0 Å². The van der Waals surface area contributed by atoms with Crippen LogP contribution in [0.1, 0.15) is 45.5 Å². The quantitative estimate of drug-likeness (QED) is 0.813. The Morgan fingerprint density at radius 1 is 1.17 bits per heavy atom. The molecule has 1 amide bonds. The minimum absolute atomic E-state index is 0.254. The number of carbonyl (C=O) groups is 2. The molecule has 0 aliphatic carbocycles. The summed E-state index contributed by atoms with van der Waals surface area (Å²) in [6.45, 7) is 10.2. The second kappa shape index (κ2) is 7.66. The lowest BCUT2D eigenvalue weighted by molar-refractivity contribution is -0.124. The highest BCUT2D eigenvalue weighted by Crippen LogP contribution is 2.33. The molecule has 0 fully saturated rings. The van der Waals surface area contributed by atoms with Crippen LogP contribution in [-0.2, 0) is 9.53 Å². The molecule has 0 spiro atoms. The summed E-state index contributed by atoms with van der Waals surface area (Å²) in [7, 11) is 0. The van der Waals surface area contributed by atoms with Gasteiger partial charge in [-0.3, -0.25) is 4.79 Å². The Kier molecular flexibility index (Phi) is 5.83. The summed E-state index contributed by atoms with van der Waals surface area (Å²) in [5, 5.41) is 3.55. The number of ether oxygens (including phenoxy) is 1. The lowest BCUT2D eigenvalue weighted by Crippen LogP contribution is -2.29.